The lowest BCUT2D eigenvalue weighted by atomic mass is 10.1. The summed E-state index contributed by atoms with van der Waals surface area (Å²) in [5.41, 5.74) is 3.57. The van der Waals surface area contributed by atoms with Gasteiger partial charge in [-0.15, -0.1) is 11.3 Å². The molecular formula is C24H26N2O6S. The van der Waals surface area contributed by atoms with Crippen molar-refractivity contribution in [1.82, 2.24) is 4.98 Å². The normalized spacial score (nSPS) is 10.5. The number of aromatic nitrogens is 1. The van der Waals surface area contributed by atoms with E-state index in [1.54, 1.807) is 22.4 Å². The van der Waals surface area contributed by atoms with Crippen LogP contribution in [0.2, 0.25) is 0 Å². The molecule has 1 heterocycles. The first-order valence-corrected chi connectivity index (χ1v) is 11.0. The molecule has 3 rings (SSSR count). The van der Waals surface area contributed by atoms with E-state index >= 15 is 0 Å². The summed E-state index contributed by atoms with van der Waals surface area (Å²) in [7, 11) is 4.39. The van der Waals surface area contributed by atoms with E-state index < -0.39 is 5.97 Å². The van der Waals surface area contributed by atoms with Crippen LogP contribution in [-0.4, -0.2) is 38.2 Å². The average molecular weight is 471 g/mol. The van der Waals surface area contributed by atoms with Crippen LogP contribution in [0.15, 0.2) is 35.7 Å². The summed E-state index contributed by atoms with van der Waals surface area (Å²) in [6.45, 7) is 5.39. The van der Waals surface area contributed by atoms with Crippen LogP contribution in [0.5, 0.6) is 17.2 Å². The number of hydrogen-bond acceptors (Lipinski definition) is 8. The number of benzene rings is 2. The van der Waals surface area contributed by atoms with Crippen LogP contribution in [0, 0.1) is 13.8 Å². The summed E-state index contributed by atoms with van der Waals surface area (Å²) in [5.74, 6) is 0.206. The van der Waals surface area contributed by atoms with Crippen LogP contribution >= 0.6 is 11.3 Å². The molecule has 2 aromatic carbocycles. The average Bonchev–Trinajstić information content (AvgIpc) is 3.27. The number of carbonyl (C=O) groups is 2. The van der Waals surface area contributed by atoms with Gasteiger partial charge in [-0.2, -0.15) is 0 Å². The molecule has 174 valence electrons. The maximum absolute atomic E-state index is 12.7. The van der Waals surface area contributed by atoms with E-state index in [4.69, 9.17) is 18.9 Å². The molecule has 0 fully saturated rings. The zero-order chi connectivity index (χ0) is 24.1. The summed E-state index contributed by atoms with van der Waals surface area (Å²) in [5, 5.41) is 2.26. The van der Waals surface area contributed by atoms with Crippen LogP contribution in [0.3, 0.4) is 0 Å². The quantitative estimate of drug-likeness (QED) is 0.436. The number of anilines is 2. The van der Waals surface area contributed by atoms with E-state index in [2.05, 4.69) is 4.98 Å². The number of rotatable bonds is 8. The minimum atomic E-state index is -0.597. The molecule has 0 radical (unpaired) electrons. The molecule has 1 amide bonds. The van der Waals surface area contributed by atoms with E-state index in [1.165, 1.54) is 39.6 Å². The Morgan fingerprint density at radius 3 is 2.36 bits per heavy atom. The third-order valence-corrected chi connectivity index (χ3v) is 6.01. The molecule has 3 aromatic rings. The molecule has 9 heteroatoms. The van der Waals surface area contributed by atoms with Crippen LogP contribution in [0.1, 0.15) is 34.1 Å². The first kappa shape index (κ1) is 24.1. The first-order chi connectivity index (χ1) is 15.8. The molecule has 33 heavy (non-hydrogen) atoms. The fourth-order valence-corrected chi connectivity index (χ4v) is 4.19. The number of nitrogens with zero attached hydrogens (tertiary/aromatic N) is 2. The molecule has 0 N–H and O–H groups in total. The van der Waals surface area contributed by atoms with Gasteiger partial charge >= 0.3 is 5.97 Å². The third kappa shape index (κ3) is 4.93. The molecule has 0 saturated heterocycles. The molecule has 0 bridgehead atoms. The monoisotopic (exact) mass is 470 g/mol. The Balaban J connectivity index is 1.81. The molecule has 0 unspecified atom stereocenters. The van der Waals surface area contributed by atoms with Gasteiger partial charge in [0.15, 0.2) is 16.6 Å². The van der Waals surface area contributed by atoms with Gasteiger partial charge in [0.25, 0.3) is 0 Å². The number of amides is 1. The maximum Gasteiger partial charge on any atom is 0.342 e. The highest BCUT2D eigenvalue weighted by molar-refractivity contribution is 7.14. The van der Waals surface area contributed by atoms with Gasteiger partial charge in [-0.05, 0) is 43.2 Å². The van der Waals surface area contributed by atoms with Crippen molar-refractivity contribution >= 4 is 34.0 Å². The minimum absolute atomic E-state index is 0.0641. The van der Waals surface area contributed by atoms with Crippen LogP contribution in [-0.2, 0) is 16.1 Å². The summed E-state index contributed by atoms with van der Waals surface area (Å²) >= 11 is 1.30. The Morgan fingerprint density at radius 1 is 1.00 bits per heavy atom. The summed E-state index contributed by atoms with van der Waals surface area (Å²) < 4.78 is 21.4. The van der Waals surface area contributed by atoms with Crippen molar-refractivity contribution in [2.45, 2.75) is 27.4 Å². The van der Waals surface area contributed by atoms with Crippen molar-refractivity contribution in [3.05, 3.63) is 58.1 Å². The van der Waals surface area contributed by atoms with Crippen molar-refractivity contribution in [3.8, 4) is 17.2 Å². The summed E-state index contributed by atoms with van der Waals surface area (Å²) in [6.07, 6.45) is 0. The molecule has 0 saturated carbocycles. The van der Waals surface area contributed by atoms with Gasteiger partial charge in [-0.3, -0.25) is 9.69 Å². The number of thiazole rings is 1. The van der Waals surface area contributed by atoms with E-state index in [0.29, 0.717) is 22.3 Å². The molecule has 1 aromatic heterocycles. The van der Waals surface area contributed by atoms with Crippen LogP contribution < -0.4 is 19.1 Å². The summed E-state index contributed by atoms with van der Waals surface area (Å²) in [4.78, 5) is 31.2. The third-order valence-electron chi connectivity index (χ3n) is 5.14. The smallest absolute Gasteiger partial charge is 0.342 e. The van der Waals surface area contributed by atoms with Crippen molar-refractivity contribution in [3.63, 3.8) is 0 Å². The van der Waals surface area contributed by atoms with Crippen molar-refractivity contribution < 1.29 is 28.5 Å². The fraction of sp³-hybridized carbons (Fsp3) is 0.292. The molecule has 0 atom stereocenters. The Bertz CT molecular complexity index is 1170. The molecule has 0 aliphatic heterocycles. The van der Waals surface area contributed by atoms with Gasteiger partial charge < -0.3 is 18.9 Å². The lowest BCUT2D eigenvalue weighted by Gasteiger charge is -2.21. The lowest BCUT2D eigenvalue weighted by molar-refractivity contribution is -0.115. The lowest BCUT2D eigenvalue weighted by Crippen LogP contribution is -2.23. The fourth-order valence-electron chi connectivity index (χ4n) is 3.33. The van der Waals surface area contributed by atoms with E-state index in [9.17, 15) is 9.59 Å². The zero-order valence-corrected chi connectivity index (χ0v) is 20.2. The van der Waals surface area contributed by atoms with Gasteiger partial charge in [0, 0.05) is 12.3 Å². The number of hydrogen-bond donors (Lipinski definition) is 0. The number of ether oxygens (including phenoxy) is 4. The van der Waals surface area contributed by atoms with Crippen LogP contribution in [0.4, 0.5) is 10.8 Å². The number of carbonyl (C=O) groups excluding carboxylic acids is 2. The van der Waals surface area contributed by atoms with Crippen molar-refractivity contribution in [2.24, 2.45) is 0 Å². The molecular weight excluding hydrogens is 444 g/mol. The first-order valence-electron chi connectivity index (χ1n) is 10.1. The number of esters is 1. The molecule has 0 aliphatic carbocycles. The molecule has 8 nitrogen and oxygen atoms in total. The second kappa shape index (κ2) is 10.4. The van der Waals surface area contributed by atoms with Gasteiger partial charge in [0.05, 0.1) is 32.7 Å². The highest BCUT2D eigenvalue weighted by atomic mass is 32.1. The second-order valence-corrected chi connectivity index (χ2v) is 7.99. The largest absolute Gasteiger partial charge is 0.493 e. The van der Waals surface area contributed by atoms with Gasteiger partial charge in [0.2, 0.25) is 11.7 Å². The van der Waals surface area contributed by atoms with Crippen LogP contribution in [0.25, 0.3) is 0 Å². The van der Waals surface area contributed by atoms with Gasteiger partial charge in [-0.1, -0.05) is 12.1 Å². The predicted octanol–water partition coefficient (Wildman–Crippen LogP) is 4.83. The van der Waals surface area contributed by atoms with E-state index in [0.717, 1.165) is 16.8 Å². The standard InChI is InChI=1S/C24H26N2O6S/c1-14-8-7-9-19(15(14)2)26(16(3)27)24-25-17(13-33-24)12-32-23(28)18-10-11-20(29-4)22(31-6)21(18)30-5/h7-11,13H,12H2,1-6H3. The highest BCUT2D eigenvalue weighted by Crippen LogP contribution is 2.40. The zero-order valence-electron chi connectivity index (χ0n) is 19.4. The summed E-state index contributed by atoms with van der Waals surface area (Å²) in [6, 6.07) is 8.93. The maximum atomic E-state index is 12.7. The number of aryl methyl sites for hydroxylation is 1. The highest BCUT2D eigenvalue weighted by Gasteiger charge is 2.23. The Kier molecular flexibility index (Phi) is 7.55. The SMILES string of the molecule is COc1ccc(C(=O)OCc2csc(N(C(C)=O)c3cccc(C)c3C)n2)c(OC)c1OC. The second-order valence-electron chi connectivity index (χ2n) is 7.15. The van der Waals surface area contributed by atoms with Crippen molar-refractivity contribution in [1.29, 1.82) is 0 Å². The van der Waals surface area contributed by atoms with E-state index in [-0.39, 0.29) is 23.8 Å². The predicted molar refractivity (Wildman–Crippen MR) is 126 cm³/mol. The minimum Gasteiger partial charge on any atom is -0.493 e. The Labute approximate surface area is 196 Å². The van der Waals surface area contributed by atoms with Gasteiger partial charge in [-0.25, -0.2) is 9.78 Å². The molecule has 0 spiro atoms. The van der Waals surface area contributed by atoms with E-state index in [1.807, 2.05) is 32.0 Å². The Morgan fingerprint density at radius 2 is 1.73 bits per heavy atom. The number of methoxy groups -OCH3 is 3. The van der Waals surface area contributed by atoms with Gasteiger partial charge in [0.1, 0.15) is 12.2 Å². The molecule has 0 aliphatic rings. The Hall–Kier alpha value is -3.59. The van der Waals surface area contributed by atoms with Crippen molar-refractivity contribution in [2.75, 3.05) is 26.2 Å². The topological polar surface area (TPSA) is 87.2 Å².